The first kappa shape index (κ1) is 21.0. The van der Waals surface area contributed by atoms with Crippen molar-refractivity contribution >= 4 is 5.69 Å². The lowest BCUT2D eigenvalue weighted by molar-refractivity contribution is -0.137. The fourth-order valence-electron chi connectivity index (χ4n) is 4.36. The van der Waals surface area contributed by atoms with Crippen LogP contribution in [0.2, 0.25) is 0 Å². The molecule has 1 fully saturated rings. The summed E-state index contributed by atoms with van der Waals surface area (Å²) in [5.41, 5.74) is 3.19. The number of hydrogen-bond acceptors (Lipinski definition) is 3. The molecule has 0 saturated carbocycles. The number of anilines is 1. The van der Waals surface area contributed by atoms with Crippen LogP contribution in [0, 0.1) is 0 Å². The van der Waals surface area contributed by atoms with Crippen LogP contribution in [0.3, 0.4) is 0 Å². The van der Waals surface area contributed by atoms with Gasteiger partial charge in [0.1, 0.15) is 5.75 Å². The van der Waals surface area contributed by atoms with E-state index < -0.39 is 11.7 Å². The van der Waals surface area contributed by atoms with Gasteiger partial charge in [0.25, 0.3) is 0 Å². The average Bonchev–Trinajstić information content (AvgIpc) is 3.21. The predicted molar refractivity (Wildman–Crippen MR) is 113 cm³/mol. The Hall–Kier alpha value is -2.21. The highest BCUT2D eigenvalue weighted by molar-refractivity contribution is 5.48. The first-order chi connectivity index (χ1) is 14.5. The second-order valence-electron chi connectivity index (χ2n) is 8.21. The SMILES string of the molecule is FC(F)(F)c1ccc(N2CCN(CCCCOc3ccc4c(c3)CCC4)CC2)cc1. The zero-order valence-corrected chi connectivity index (χ0v) is 17.3. The van der Waals surface area contributed by atoms with Gasteiger partial charge < -0.3 is 9.64 Å². The molecule has 6 heteroatoms. The lowest BCUT2D eigenvalue weighted by atomic mass is 10.1. The van der Waals surface area contributed by atoms with E-state index in [1.54, 1.807) is 12.1 Å². The third-order valence-corrected chi connectivity index (χ3v) is 6.14. The first-order valence-corrected chi connectivity index (χ1v) is 10.9. The van der Waals surface area contributed by atoms with Crippen molar-refractivity contribution in [3.63, 3.8) is 0 Å². The molecule has 0 bridgehead atoms. The summed E-state index contributed by atoms with van der Waals surface area (Å²) >= 11 is 0. The van der Waals surface area contributed by atoms with E-state index in [2.05, 4.69) is 28.0 Å². The summed E-state index contributed by atoms with van der Waals surface area (Å²) in [4.78, 5) is 4.59. The van der Waals surface area contributed by atoms with E-state index in [0.717, 1.165) is 63.6 Å². The largest absolute Gasteiger partial charge is 0.494 e. The van der Waals surface area contributed by atoms with Gasteiger partial charge in [-0.15, -0.1) is 0 Å². The zero-order valence-electron chi connectivity index (χ0n) is 17.3. The molecule has 0 amide bonds. The van der Waals surface area contributed by atoms with Crippen molar-refractivity contribution in [1.82, 2.24) is 4.90 Å². The standard InChI is InChI=1S/C24H29F3N2O/c25-24(26,27)21-7-9-22(10-8-21)29-15-13-28(14-16-29)12-1-2-17-30-23-11-6-19-4-3-5-20(19)18-23/h6-11,18H,1-5,12-17H2. The fraction of sp³-hybridized carbons (Fsp3) is 0.500. The number of hydrogen-bond donors (Lipinski definition) is 0. The van der Waals surface area contributed by atoms with E-state index in [9.17, 15) is 13.2 Å². The number of unbranched alkanes of at least 4 members (excludes halogenated alkanes) is 1. The van der Waals surface area contributed by atoms with Crippen molar-refractivity contribution in [2.24, 2.45) is 0 Å². The van der Waals surface area contributed by atoms with Crippen molar-refractivity contribution in [1.29, 1.82) is 0 Å². The second kappa shape index (κ2) is 9.29. The summed E-state index contributed by atoms with van der Waals surface area (Å²) < 4.78 is 44.0. The number of benzene rings is 2. The lowest BCUT2D eigenvalue weighted by Crippen LogP contribution is -2.46. The molecule has 0 atom stereocenters. The normalized spacial score (nSPS) is 17.2. The molecule has 1 aliphatic heterocycles. The molecule has 162 valence electrons. The van der Waals surface area contributed by atoms with Crippen molar-refractivity contribution in [3.05, 3.63) is 59.2 Å². The molecular formula is C24H29F3N2O. The first-order valence-electron chi connectivity index (χ1n) is 10.9. The van der Waals surface area contributed by atoms with Gasteiger partial charge in [0.05, 0.1) is 12.2 Å². The van der Waals surface area contributed by atoms with Gasteiger partial charge in [-0.05, 0) is 86.2 Å². The van der Waals surface area contributed by atoms with Crippen molar-refractivity contribution in [3.8, 4) is 5.75 Å². The van der Waals surface area contributed by atoms with E-state index in [0.29, 0.717) is 0 Å². The van der Waals surface area contributed by atoms with Gasteiger partial charge >= 0.3 is 6.18 Å². The lowest BCUT2D eigenvalue weighted by Gasteiger charge is -2.36. The molecule has 2 aromatic carbocycles. The molecule has 1 saturated heterocycles. The molecule has 0 N–H and O–H groups in total. The van der Waals surface area contributed by atoms with Crippen molar-refractivity contribution in [2.45, 2.75) is 38.3 Å². The summed E-state index contributed by atoms with van der Waals surface area (Å²) in [5, 5.41) is 0. The molecule has 1 aliphatic carbocycles. The Balaban J connectivity index is 1.13. The Morgan fingerprint density at radius 1 is 0.833 bits per heavy atom. The minimum absolute atomic E-state index is 0.591. The number of piperazine rings is 1. The molecule has 0 spiro atoms. The van der Waals surface area contributed by atoms with Gasteiger partial charge in [-0.2, -0.15) is 13.2 Å². The predicted octanol–water partition coefficient (Wildman–Crippen LogP) is 5.18. The topological polar surface area (TPSA) is 15.7 Å². The van der Waals surface area contributed by atoms with Crippen LogP contribution < -0.4 is 9.64 Å². The summed E-state index contributed by atoms with van der Waals surface area (Å²) in [5.74, 6) is 0.987. The number of nitrogens with zero attached hydrogens (tertiary/aromatic N) is 2. The molecule has 2 aromatic rings. The highest BCUT2D eigenvalue weighted by Gasteiger charge is 2.30. The second-order valence-corrected chi connectivity index (χ2v) is 8.21. The Kier molecular flexibility index (Phi) is 6.52. The Bertz CT molecular complexity index is 827. The maximum absolute atomic E-state index is 12.7. The highest BCUT2D eigenvalue weighted by Crippen LogP contribution is 2.31. The number of halogens is 3. The van der Waals surface area contributed by atoms with Crippen LogP contribution in [-0.2, 0) is 19.0 Å². The van der Waals surface area contributed by atoms with Gasteiger partial charge in [0.2, 0.25) is 0 Å². The van der Waals surface area contributed by atoms with Crippen LogP contribution in [0.25, 0.3) is 0 Å². The van der Waals surface area contributed by atoms with E-state index in [4.69, 9.17) is 4.74 Å². The van der Waals surface area contributed by atoms with Crippen molar-refractivity contribution < 1.29 is 17.9 Å². The Labute approximate surface area is 176 Å². The third-order valence-electron chi connectivity index (χ3n) is 6.14. The van der Waals surface area contributed by atoms with Crippen molar-refractivity contribution in [2.75, 3.05) is 44.2 Å². The highest BCUT2D eigenvalue weighted by atomic mass is 19.4. The molecule has 0 unspecified atom stereocenters. The van der Waals surface area contributed by atoms with E-state index in [1.165, 1.54) is 42.5 Å². The van der Waals surface area contributed by atoms with Crippen LogP contribution >= 0.6 is 0 Å². The van der Waals surface area contributed by atoms with Crippen LogP contribution in [0.5, 0.6) is 5.75 Å². The minimum atomic E-state index is -4.28. The van der Waals surface area contributed by atoms with Crippen LogP contribution in [0.4, 0.5) is 18.9 Å². The number of aryl methyl sites for hydroxylation is 2. The molecule has 2 aliphatic rings. The van der Waals surface area contributed by atoms with E-state index in [-0.39, 0.29) is 0 Å². The Morgan fingerprint density at radius 3 is 2.30 bits per heavy atom. The van der Waals surface area contributed by atoms with Gasteiger partial charge in [0.15, 0.2) is 0 Å². The molecule has 4 rings (SSSR count). The fourth-order valence-corrected chi connectivity index (χ4v) is 4.36. The molecule has 3 nitrogen and oxygen atoms in total. The number of fused-ring (bicyclic) bond motifs is 1. The third kappa shape index (κ3) is 5.28. The Morgan fingerprint density at radius 2 is 1.57 bits per heavy atom. The summed E-state index contributed by atoms with van der Waals surface area (Å²) in [6.07, 6.45) is 1.46. The smallest absolute Gasteiger partial charge is 0.416 e. The average molecular weight is 419 g/mol. The molecular weight excluding hydrogens is 389 g/mol. The maximum Gasteiger partial charge on any atom is 0.416 e. The molecule has 1 heterocycles. The van der Waals surface area contributed by atoms with Crippen LogP contribution in [-0.4, -0.2) is 44.2 Å². The summed E-state index contributed by atoms with van der Waals surface area (Å²) in [7, 11) is 0. The number of rotatable bonds is 7. The van der Waals surface area contributed by atoms with Gasteiger partial charge in [-0.25, -0.2) is 0 Å². The monoisotopic (exact) mass is 418 g/mol. The molecule has 0 aromatic heterocycles. The minimum Gasteiger partial charge on any atom is -0.494 e. The van der Waals surface area contributed by atoms with Gasteiger partial charge in [0, 0.05) is 31.9 Å². The van der Waals surface area contributed by atoms with Gasteiger partial charge in [-0.3, -0.25) is 4.90 Å². The number of alkyl halides is 3. The molecule has 30 heavy (non-hydrogen) atoms. The molecule has 0 radical (unpaired) electrons. The number of ether oxygens (including phenoxy) is 1. The van der Waals surface area contributed by atoms with Gasteiger partial charge in [-0.1, -0.05) is 6.07 Å². The van der Waals surface area contributed by atoms with E-state index >= 15 is 0 Å². The quantitative estimate of drug-likeness (QED) is 0.577. The summed E-state index contributed by atoms with van der Waals surface area (Å²) in [6.45, 7) is 5.34. The van der Waals surface area contributed by atoms with E-state index in [1.807, 2.05) is 0 Å². The maximum atomic E-state index is 12.7. The van der Waals surface area contributed by atoms with Crippen LogP contribution in [0.1, 0.15) is 36.0 Å². The summed E-state index contributed by atoms with van der Waals surface area (Å²) in [6, 6.07) is 12.0. The zero-order chi connectivity index (χ0) is 21.0. The van der Waals surface area contributed by atoms with Crippen LogP contribution in [0.15, 0.2) is 42.5 Å².